The van der Waals surface area contributed by atoms with E-state index < -0.39 is 23.9 Å². The highest BCUT2D eigenvalue weighted by Crippen LogP contribution is 2.21. The Morgan fingerprint density at radius 2 is 2.12 bits per heavy atom. The van der Waals surface area contributed by atoms with Crippen molar-refractivity contribution in [3.05, 3.63) is 11.8 Å². The van der Waals surface area contributed by atoms with Gasteiger partial charge in [-0.3, -0.25) is 4.68 Å². The molecule has 1 N–H and O–H groups in total. The molecule has 9 heteroatoms. The summed E-state index contributed by atoms with van der Waals surface area (Å²) in [6.45, 7) is 0. The van der Waals surface area contributed by atoms with Gasteiger partial charge in [0, 0.05) is 13.1 Å². The number of ether oxygens (including phenoxy) is 2. The summed E-state index contributed by atoms with van der Waals surface area (Å²) in [5, 5.41) is 11.5. The van der Waals surface area contributed by atoms with Gasteiger partial charge in [0.15, 0.2) is 0 Å². The van der Waals surface area contributed by atoms with Gasteiger partial charge in [0.1, 0.15) is 5.69 Å². The summed E-state index contributed by atoms with van der Waals surface area (Å²) in [6, 6.07) is 0.850. The van der Waals surface area contributed by atoms with Gasteiger partial charge >= 0.3 is 18.0 Å². The van der Waals surface area contributed by atoms with Crippen LogP contribution < -0.4 is 4.74 Å². The van der Waals surface area contributed by atoms with Gasteiger partial charge in [-0.1, -0.05) is 0 Å². The second-order valence-electron chi connectivity index (χ2n) is 2.91. The van der Waals surface area contributed by atoms with Gasteiger partial charge in [0.25, 0.3) is 0 Å². The molecule has 0 bridgehead atoms. The molecule has 0 saturated heterocycles. The quantitative estimate of drug-likeness (QED) is 0.771. The van der Waals surface area contributed by atoms with Gasteiger partial charge < -0.3 is 14.6 Å². The largest absolute Gasteiger partial charge is 0.503 e. The van der Waals surface area contributed by atoms with Crippen molar-refractivity contribution in [2.75, 3.05) is 7.11 Å². The number of carbonyl (C=O) groups is 2. The molecule has 0 aromatic carbocycles. The molecule has 0 aliphatic heterocycles. The summed E-state index contributed by atoms with van der Waals surface area (Å²) in [5.74, 6) is -3.96. The smallest absolute Gasteiger partial charge is 0.474 e. The molecule has 0 aliphatic rings. The number of nitrogens with zero attached hydrogens (tertiary/aromatic N) is 2. The summed E-state index contributed by atoms with van der Waals surface area (Å²) in [7, 11) is 2.39. The molecule has 0 atom stereocenters. The lowest BCUT2D eigenvalue weighted by atomic mass is 10.4. The van der Waals surface area contributed by atoms with Gasteiger partial charge in [-0.2, -0.15) is 8.78 Å². The fourth-order valence-electron chi connectivity index (χ4n) is 0.961. The number of aryl methyl sites for hydroxylation is 1. The Labute approximate surface area is 93.5 Å². The highest BCUT2D eigenvalue weighted by molar-refractivity contribution is 5.87. The van der Waals surface area contributed by atoms with E-state index in [0.717, 1.165) is 17.9 Å². The van der Waals surface area contributed by atoms with Crippen LogP contribution in [0.4, 0.5) is 8.78 Å². The molecule has 0 aliphatic carbocycles. The van der Waals surface area contributed by atoms with E-state index in [9.17, 15) is 18.4 Å². The van der Waals surface area contributed by atoms with E-state index in [1.54, 1.807) is 0 Å². The van der Waals surface area contributed by atoms with Crippen molar-refractivity contribution in [3.63, 3.8) is 0 Å². The number of methoxy groups -OCH3 is 1. The number of alkyl halides is 2. The zero-order valence-corrected chi connectivity index (χ0v) is 8.81. The number of hydrogen-bond donors (Lipinski definition) is 1. The van der Waals surface area contributed by atoms with E-state index in [-0.39, 0.29) is 5.69 Å². The molecule has 7 nitrogen and oxygen atoms in total. The summed E-state index contributed by atoms with van der Waals surface area (Å²) >= 11 is 0. The maximum Gasteiger partial charge on any atom is 0.503 e. The van der Waals surface area contributed by atoms with Gasteiger partial charge in [0.2, 0.25) is 5.88 Å². The van der Waals surface area contributed by atoms with Crippen molar-refractivity contribution >= 4 is 11.9 Å². The Hall–Kier alpha value is -2.19. The Morgan fingerprint density at radius 3 is 2.59 bits per heavy atom. The number of hydrogen-bond acceptors (Lipinski definition) is 5. The van der Waals surface area contributed by atoms with Gasteiger partial charge in [-0.05, 0) is 0 Å². The second-order valence-corrected chi connectivity index (χ2v) is 2.91. The van der Waals surface area contributed by atoms with Crippen LogP contribution in [0.3, 0.4) is 0 Å². The summed E-state index contributed by atoms with van der Waals surface area (Å²) in [6.07, 6.45) is -4.41. The lowest BCUT2D eigenvalue weighted by Gasteiger charge is -2.09. The van der Waals surface area contributed by atoms with Crippen molar-refractivity contribution in [2.24, 2.45) is 7.05 Å². The van der Waals surface area contributed by atoms with E-state index in [1.165, 1.54) is 7.05 Å². The van der Waals surface area contributed by atoms with Crippen molar-refractivity contribution in [1.29, 1.82) is 0 Å². The predicted octanol–water partition coefficient (Wildman–Crippen LogP) is 0.263. The van der Waals surface area contributed by atoms with Gasteiger partial charge in [0.05, 0.1) is 7.11 Å². The minimum Gasteiger partial charge on any atom is -0.474 e. The maximum atomic E-state index is 12.7. The molecule has 1 aromatic heterocycles. The average Bonchev–Trinajstić information content (AvgIpc) is 2.57. The van der Waals surface area contributed by atoms with E-state index in [2.05, 4.69) is 14.6 Å². The van der Waals surface area contributed by atoms with Crippen molar-refractivity contribution < 1.29 is 33.0 Å². The zero-order valence-electron chi connectivity index (χ0n) is 8.81. The number of rotatable bonds is 4. The van der Waals surface area contributed by atoms with Crippen LogP contribution in [0, 0.1) is 0 Å². The highest BCUT2D eigenvalue weighted by atomic mass is 19.3. The number of carboxylic acids is 1. The average molecular weight is 250 g/mol. The first-order valence-corrected chi connectivity index (χ1v) is 4.20. The van der Waals surface area contributed by atoms with Crippen LogP contribution in [0.25, 0.3) is 0 Å². The van der Waals surface area contributed by atoms with Crippen LogP contribution in [0.1, 0.15) is 10.5 Å². The maximum absolute atomic E-state index is 12.7. The molecule has 94 valence electrons. The number of aromatic nitrogens is 2. The Kier molecular flexibility index (Phi) is 3.30. The molecular formula is C8H8F2N2O5. The first-order valence-electron chi connectivity index (χ1n) is 4.20. The predicted molar refractivity (Wildman–Crippen MR) is 47.8 cm³/mol. The first kappa shape index (κ1) is 12.9. The van der Waals surface area contributed by atoms with E-state index >= 15 is 0 Å². The first-order chi connectivity index (χ1) is 7.77. The Bertz CT molecular complexity index is 457. The number of carboxylic acid groups (broad SMARTS) is 1. The number of esters is 1. The van der Waals surface area contributed by atoms with Crippen LogP contribution in [0.2, 0.25) is 0 Å². The number of aliphatic carboxylic acids is 1. The van der Waals surface area contributed by atoms with Crippen LogP contribution in [-0.2, 0) is 16.6 Å². The molecule has 0 saturated carbocycles. The molecule has 0 amide bonds. The van der Waals surface area contributed by atoms with E-state index in [0.29, 0.717) is 0 Å². The molecule has 1 aromatic rings. The second kappa shape index (κ2) is 4.36. The lowest BCUT2D eigenvalue weighted by molar-refractivity contribution is -0.211. The minimum absolute atomic E-state index is 0.149. The van der Waals surface area contributed by atoms with Gasteiger partial charge in [-0.25, -0.2) is 9.59 Å². The fraction of sp³-hybridized carbons (Fsp3) is 0.375. The third kappa shape index (κ3) is 2.68. The monoisotopic (exact) mass is 250 g/mol. The number of carbonyl (C=O) groups excluding carboxylic acids is 1. The molecule has 0 spiro atoms. The third-order valence-electron chi connectivity index (χ3n) is 1.73. The molecule has 0 radical (unpaired) electrons. The molecule has 1 heterocycles. The Morgan fingerprint density at radius 1 is 1.53 bits per heavy atom. The molecule has 0 unspecified atom stereocenters. The molecular weight excluding hydrogens is 242 g/mol. The zero-order chi connectivity index (χ0) is 13.2. The van der Waals surface area contributed by atoms with E-state index in [1.807, 2.05) is 0 Å². The van der Waals surface area contributed by atoms with Gasteiger partial charge in [-0.15, -0.1) is 5.10 Å². The van der Waals surface area contributed by atoms with Crippen LogP contribution in [-0.4, -0.2) is 40.0 Å². The Balaban J connectivity index is 2.95. The fourth-order valence-corrected chi connectivity index (χ4v) is 0.961. The highest BCUT2D eigenvalue weighted by Gasteiger charge is 2.43. The minimum atomic E-state index is -4.41. The molecule has 1 rings (SSSR count). The van der Waals surface area contributed by atoms with Crippen LogP contribution in [0.15, 0.2) is 6.07 Å². The summed E-state index contributed by atoms with van der Waals surface area (Å²) < 4.78 is 34.5. The van der Waals surface area contributed by atoms with Crippen LogP contribution in [0.5, 0.6) is 5.88 Å². The SMILES string of the molecule is COC(=O)c1cc(OC(F)(F)C(=O)O)nn1C. The summed E-state index contributed by atoms with van der Waals surface area (Å²) in [4.78, 5) is 21.2. The van der Waals surface area contributed by atoms with Crippen molar-refractivity contribution in [1.82, 2.24) is 9.78 Å². The molecule has 0 fully saturated rings. The third-order valence-corrected chi connectivity index (χ3v) is 1.73. The standard InChI is InChI=1S/C8H8F2N2O5/c1-12-4(6(13)16-2)3-5(11-12)17-8(9,10)7(14)15/h3H,1-2H3,(H,14,15). The summed E-state index contributed by atoms with van der Waals surface area (Å²) in [5.41, 5.74) is -0.149. The normalized spacial score (nSPS) is 11.1. The van der Waals surface area contributed by atoms with Crippen molar-refractivity contribution in [3.8, 4) is 5.88 Å². The van der Waals surface area contributed by atoms with Crippen LogP contribution >= 0.6 is 0 Å². The van der Waals surface area contributed by atoms with Crippen molar-refractivity contribution in [2.45, 2.75) is 6.11 Å². The lowest BCUT2D eigenvalue weighted by Crippen LogP contribution is -2.34. The molecule has 17 heavy (non-hydrogen) atoms. The van der Waals surface area contributed by atoms with E-state index in [4.69, 9.17) is 5.11 Å². The topological polar surface area (TPSA) is 90.7 Å². The number of halogens is 2.